The van der Waals surface area contributed by atoms with Gasteiger partial charge in [-0.05, 0) is 36.3 Å². The molecule has 23 heavy (non-hydrogen) atoms. The molecule has 2 aromatic heterocycles. The van der Waals surface area contributed by atoms with Gasteiger partial charge in [-0.15, -0.1) is 0 Å². The second-order valence-corrected chi connectivity index (χ2v) is 4.87. The van der Waals surface area contributed by atoms with Crippen LogP contribution in [0.3, 0.4) is 0 Å². The zero-order valence-electron chi connectivity index (χ0n) is 11.9. The van der Waals surface area contributed by atoms with Crippen LogP contribution in [0.15, 0.2) is 48.7 Å². The second kappa shape index (κ2) is 5.78. The third-order valence-electron chi connectivity index (χ3n) is 3.31. The van der Waals surface area contributed by atoms with E-state index in [9.17, 15) is 13.2 Å². The molecular weight excluding hydrogens is 303 g/mol. The van der Waals surface area contributed by atoms with Crippen molar-refractivity contribution >= 4 is 5.65 Å². The predicted molar refractivity (Wildman–Crippen MR) is 80.5 cm³/mol. The summed E-state index contributed by atoms with van der Waals surface area (Å²) < 4.78 is 40.0. The van der Waals surface area contributed by atoms with Gasteiger partial charge < -0.3 is 5.73 Å². The first-order chi connectivity index (χ1) is 11.0. The van der Waals surface area contributed by atoms with Crippen LogP contribution in [0.2, 0.25) is 0 Å². The number of fused-ring (bicyclic) bond motifs is 1. The topological polar surface area (TPSA) is 43.3 Å². The number of aromatic nitrogens is 2. The maximum Gasteiger partial charge on any atom is 0.416 e. The lowest BCUT2D eigenvalue weighted by molar-refractivity contribution is -0.137. The molecule has 0 bridgehead atoms. The van der Waals surface area contributed by atoms with Gasteiger partial charge >= 0.3 is 6.18 Å². The van der Waals surface area contributed by atoms with Crippen LogP contribution in [0.1, 0.15) is 22.5 Å². The fourth-order valence-corrected chi connectivity index (χ4v) is 2.22. The third-order valence-corrected chi connectivity index (χ3v) is 3.31. The van der Waals surface area contributed by atoms with Crippen LogP contribution in [0.25, 0.3) is 5.65 Å². The van der Waals surface area contributed by atoms with Gasteiger partial charge in [-0.3, -0.25) is 4.40 Å². The molecule has 0 amide bonds. The molecule has 3 nitrogen and oxygen atoms in total. The highest BCUT2D eigenvalue weighted by molar-refractivity contribution is 5.51. The quantitative estimate of drug-likeness (QED) is 0.701. The number of hydrogen-bond donors (Lipinski definition) is 1. The number of alkyl halides is 3. The Hall–Kier alpha value is -2.78. The largest absolute Gasteiger partial charge is 0.416 e. The summed E-state index contributed by atoms with van der Waals surface area (Å²) in [5, 5.41) is 0. The van der Waals surface area contributed by atoms with E-state index in [2.05, 4.69) is 16.8 Å². The van der Waals surface area contributed by atoms with Crippen molar-refractivity contribution < 1.29 is 13.2 Å². The highest BCUT2D eigenvalue weighted by atomic mass is 19.4. The molecule has 0 spiro atoms. The van der Waals surface area contributed by atoms with Gasteiger partial charge in [0.1, 0.15) is 11.3 Å². The maximum atomic E-state index is 12.7. The average Bonchev–Trinajstić information content (AvgIpc) is 2.90. The Bertz CT molecular complexity index is 914. The van der Waals surface area contributed by atoms with Crippen LogP contribution >= 0.6 is 0 Å². The number of imidazole rings is 1. The molecule has 0 unspecified atom stereocenters. The summed E-state index contributed by atoms with van der Waals surface area (Å²) in [5.41, 5.74) is 7.12. The van der Waals surface area contributed by atoms with E-state index >= 15 is 0 Å². The number of pyridine rings is 1. The Morgan fingerprint density at radius 2 is 1.91 bits per heavy atom. The molecule has 1 aromatic carbocycles. The van der Waals surface area contributed by atoms with E-state index < -0.39 is 11.7 Å². The van der Waals surface area contributed by atoms with Gasteiger partial charge in [-0.2, -0.15) is 13.2 Å². The SMILES string of the molecule is NCc1nc2ccccn2c1C#Cc1cccc(C(F)(F)F)c1. The summed E-state index contributed by atoms with van der Waals surface area (Å²) >= 11 is 0. The summed E-state index contributed by atoms with van der Waals surface area (Å²) in [5.74, 6) is 5.65. The van der Waals surface area contributed by atoms with Crippen molar-refractivity contribution in [3.63, 3.8) is 0 Å². The molecule has 2 N–H and O–H groups in total. The van der Waals surface area contributed by atoms with Crippen LogP contribution in [0.4, 0.5) is 13.2 Å². The van der Waals surface area contributed by atoms with E-state index in [1.807, 2.05) is 18.2 Å². The minimum atomic E-state index is -4.39. The first kappa shape index (κ1) is 15.1. The number of halogens is 3. The van der Waals surface area contributed by atoms with E-state index in [4.69, 9.17) is 5.73 Å². The molecule has 3 aromatic rings. The van der Waals surface area contributed by atoms with Crippen molar-refractivity contribution in [2.45, 2.75) is 12.7 Å². The fraction of sp³-hybridized carbons (Fsp3) is 0.118. The molecule has 0 aliphatic carbocycles. The zero-order chi connectivity index (χ0) is 16.4. The minimum absolute atomic E-state index is 0.203. The van der Waals surface area contributed by atoms with Crippen molar-refractivity contribution in [2.75, 3.05) is 0 Å². The van der Waals surface area contributed by atoms with Gasteiger partial charge in [0.05, 0.1) is 11.3 Å². The summed E-state index contributed by atoms with van der Waals surface area (Å²) in [6, 6.07) is 10.4. The van der Waals surface area contributed by atoms with Gasteiger partial charge in [0.25, 0.3) is 0 Å². The molecule has 116 valence electrons. The van der Waals surface area contributed by atoms with Crippen molar-refractivity contribution in [3.8, 4) is 11.8 Å². The molecule has 0 fully saturated rings. The summed E-state index contributed by atoms with van der Waals surface area (Å²) in [6.45, 7) is 0.203. The molecule has 6 heteroatoms. The Labute approximate surface area is 130 Å². The van der Waals surface area contributed by atoms with Gasteiger partial charge in [-0.25, -0.2) is 4.98 Å². The molecule has 0 aliphatic heterocycles. The van der Waals surface area contributed by atoms with E-state index in [0.29, 0.717) is 17.0 Å². The Morgan fingerprint density at radius 1 is 1.09 bits per heavy atom. The van der Waals surface area contributed by atoms with Crippen LogP contribution in [0.5, 0.6) is 0 Å². The number of hydrogen-bond acceptors (Lipinski definition) is 2. The van der Waals surface area contributed by atoms with Gasteiger partial charge in [0.2, 0.25) is 0 Å². The number of nitrogens with zero attached hydrogens (tertiary/aromatic N) is 2. The minimum Gasteiger partial charge on any atom is -0.325 e. The monoisotopic (exact) mass is 315 g/mol. The first-order valence-electron chi connectivity index (χ1n) is 6.84. The lowest BCUT2D eigenvalue weighted by Gasteiger charge is -2.05. The van der Waals surface area contributed by atoms with Crippen molar-refractivity contribution in [3.05, 3.63) is 71.2 Å². The van der Waals surface area contributed by atoms with Crippen molar-refractivity contribution in [1.82, 2.24) is 9.38 Å². The standard InChI is InChI=1S/C17H12F3N3/c18-17(19,20)13-5-3-4-12(10-13)7-8-15-14(11-21)22-16-6-1-2-9-23(15)16/h1-6,9-10H,11,21H2. The molecule has 0 saturated heterocycles. The van der Waals surface area contributed by atoms with E-state index in [-0.39, 0.29) is 12.1 Å². The van der Waals surface area contributed by atoms with Crippen LogP contribution in [-0.4, -0.2) is 9.38 Å². The van der Waals surface area contributed by atoms with E-state index in [1.165, 1.54) is 12.1 Å². The molecule has 0 aliphatic rings. The molecule has 2 heterocycles. The molecule has 0 radical (unpaired) electrons. The summed E-state index contributed by atoms with van der Waals surface area (Å²) in [4.78, 5) is 4.36. The molecule has 0 atom stereocenters. The summed E-state index contributed by atoms with van der Waals surface area (Å²) in [6.07, 6.45) is -2.60. The molecule has 3 rings (SSSR count). The maximum absolute atomic E-state index is 12.7. The van der Waals surface area contributed by atoms with E-state index in [0.717, 1.165) is 12.1 Å². The zero-order valence-corrected chi connectivity index (χ0v) is 11.9. The Balaban J connectivity index is 2.06. The highest BCUT2D eigenvalue weighted by Crippen LogP contribution is 2.29. The van der Waals surface area contributed by atoms with Gasteiger partial charge in [-0.1, -0.05) is 18.1 Å². The number of nitrogens with two attached hydrogens (primary N) is 1. The smallest absolute Gasteiger partial charge is 0.325 e. The molecule has 0 saturated carbocycles. The third kappa shape index (κ3) is 3.05. The lowest BCUT2D eigenvalue weighted by Crippen LogP contribution is -2.04. The Kier molecular flexibility index (Phi) is 3.80. The van der Waals surface area contributed by atoms with Crippen molar-refractivity contribution in [2.24, 2.45) is 5.73 Å². The number of rotatable bonds is 1. The van der Waals surface area contributed by atoms with Crippen molar-refractivity contribution in [1.29, 1.82) is 0 Å². The number of benzene rings is 1. The normalized spacial score (nSPS) is 11.3. The second-order valence-electron chi connectivity index (χ2n) is 4.87. The first-order valence-corrected chi connectivity index (χ1v) is 6.84. The lowest BCUT2D eigenvalue weighted by atomic mass is 10.1. The molecular formula is C17H12F3N3. The van der Waals surface area contributed by atoms with Crippen LogP contribution < -0.4 is 5.73 Å². The Morgan fingerprint density at radius 3 is 2.65 bits per heavy atom. The van der Waals surface area contributed by atoms with E-state index in [1.54, 1.807) is 10.6 Å². The predicted octanol–water partition coefficient (Wildman–Crippen LogP) is 3.21. The van der Waals surface area contributed by atoms with Crippen LogP contribution in [0, 0.1) is 11.8 Å². The average molecular weight is 315 g/mol. The van der Waals surface area contributed by atoms with Gasteiger partial charge in [0.15, 0.2) is 0 Å². The highest BCUT2D eigenvalue weighted by Gasteiger charge is 2.30. The fourth-order valence-electron chi connectivity index (χ4n) is 2.22. The van der Waals surface area contributed by atoms with Crippen LogP contribution in [-0.2, 0) is 12.7 Å². The summed E-state index contributed by atoms with van der Waals surface area (Å²) in [7, 11) is 0. The van der Waals surface area contributed by atoms with Gasteiger partial charge in [0, 0.05) is 18.3 Å².